The SMILES string of the molecule is CC(C)[C@@H](NC(=O)OCCOCCOCCN1C(=O)C=CC1=O)C(=O)N[C@H](CCCNC(N)=O)C(=O)Nc1ccc(CO)cc1. The van der Waals surface area contributed by atoms with E-state index in [9.17, 15) is 33.9 Å². The molecule has 0 fully saturated rings. The highest BCUT2D eigenvalue weighted by Crippen LogP contribution is 2.12. The Kier molecular flexibility index (Phi) is 16.0. The number of nitrogens with two attached hydrogens (primary N) is 1. The zero-order valence-corrected chi connectivity index (χ0v) is 25.4. The molecule has 1 aromatic carbocycles. The number of carbonyl (C=O) groups is 6. The average Bonchev–Trinajstić information content (AvgIpc) is 3.32. The number of anilines is 1. The number of primary amides is 1. The summed E-state index contributed by atoms with van der Waals surface area (Å²) < 4.78 is 15.8. The average molecular weight is 635 g/mol. The van der Waals surface area contributed by atoms with Crippen LogP contribution in [-0.4, -0.2) is 104 Å². The normalized spacial score (nSPS) is 13.8. The minimum Gasteiger partial charge on any atom is -0.447 e. The summed E-state index contributed by atoms with van der Waals surface area (Å²) in [5, 5.41) is 19.6. The number of ether oxygens (including phenoxy) is 3. The van der Waals surface area contributed by atoms with Crippen LogP contribution in [0, 0.1) is 5.92 Å². The molecule has 248 valence electrons. The second kappa shape index (κ2) is 19.7. The third-order valence-corrected chi connectivity index (χ3v) is 6.42. The smallest absolute Gasteiger partial charge is 0.407 e. The Morgan fingerprint density at radius 3 is 2.11 bits per heavy atom. The number of hydrogen-bond acceptors (Lipinski definition) is 10. The Morgan fingerprint density at radius 1 is 0.889 bits per heavy atom. The van der Waals surface area contributed by atoms with Crippen molar-refractivity contribution in [3.05, 3.63) is 42.0 Å². The molecule has 0 saturated carbocycles. The van der Waals surface area contributed by atoms with Gasteiger partial charge in [0.25, 0.3) is 11.8 Å². The van der Waals surface area contributed by atoms with Crippen molar-refractivity contribution >= 4 is 41.4 Å². The number of urea groups is 1. The van der Waals surface area contributed by atoms with E-state index in [4.69, 9.17) is 19.9 Å². The molecule has 7 N–H and O–H groups in total. The molecule has 16 nitrogen and oxygen atoms in total. The molecule has 1 aromatic rings. The van der Waals surface area contributed by atoms with Crippen molar-refractivity contribution < 1.29 is 48.1 Å². The van der Waals surface area contributed by atoms with Gasteiger partial charge in [-0.1, -0.05) is 26.0 Å². The first kappa shape index (κ1) is 36.7. The molecule has 2 rings (SSSR count). The third-order valence-electron chi connectivity index (χ3n) is 6.42. The number of carbonyl (C=O) groups excluding carboxylic acids is 6. The lowest BCUT2D eigenvalue weighted by Crippen LogP contribution is -2.54. The van der Waals surface area contributed by atoms with Crippen molar-refractivity contribution in [1.29, 1.82) is 0 Å². The second-order valence-corrected chi connectivity index (χ2v) is 10.2. The van der Waals surface area contributed by atoms with E-state index in [0.29, 0.717) is 17.7 Å². The molecule has 2 atom stereocenters. The van der Waals surface area contributed by atoms with E-state index in [-0.39, 0.29) is 76.9 Å². The van der Waals surface area contributed by atoms with Gasteiger partial charge in [-0.15, -0.1) is 0 Å². The van der Waals surface area contributed by atoms with Gasteiger partial charge in [0.05, 0.1) is 39.6 Å². The highest BCUT2D eigenvalue weighted by molar-refractivity contribution is 6.12. The van der Waals surface area contributed by atoms with Crippen LogP contribution in [0.1, 0.15) is 32.3 Å². The summed E-state index contributed by atoms with van der Waals surface area (Å²) in [6.45, 7) is 4.10. The maximum absolute atomic E-state index is 13.2. The Balaban J connectivity index is 1.78. The minimum absolute atomic E-state index is 0.0587. The molecule has 1 aliphatic heterocycles. The van der Waals surface area contributed by atoms with Crippen LogP contribution in [0.25, 0.3) is 0 Å². The monoisotopic (exact) mass is 634 g/mol. The van der Waals surface area contributed by atoms with Crippen molar-refractivity contribution in [3.8, 4) is 0 Å². The maximum Gasteiger partial charge on any atom is 0.407 e. The van der Waals surface area contributed by atoms with Crippen LogP contribution in [0.4, 0.5) is 15.3 Å². The van der Waals surface area contributed by atoms with E-state index < -0.39 is 36.0 Å². The van der Waals surface area contributed by atoms with Gasteiger partial charge in [-0.3, -0.25) is 24.1 Å². The van der Waals surface area contributed by atoms with E-state index in [1.165, 1.54) is 12.2 Å². The van der Waals surface area contributed by atoms with Crippen molar-refractivity contribution in [3.63, 3.8) is 0 Å². The zero-order chi connectivity index (χ0) is 33.2. The molecule has 0 saturated heterocycles. The van der Waals surface area contributed by atoms with Crippen LogP contribution >= 0.6 is 0 Å². The summed E-state index contributed by atoms with van der Waals surface area (Å²) in [4.78, 5) is 73.6. The molecule has 7 amide bonds. The number of rotatable bonds is 20. The fraction of sp³-hybridized carbons (Fsp3) is 0.517. The van der Waals surface area contributed by atoms with Crippen molar-refractivity contribution in [2.24, 2.45) is 11.7 Å². The number of amides is 7. The van der Waals surface area contributed by atoms with Crippen LogP contribution < -0.4 is 27.0 Å². The molecule has 16 heteroatoms. The molecular formula is C29H42N6O10. The molecule has 1 heterocycles. The summed E-state index contributed by atoms with van der Waals surface area (Å²) in [6.07, 6.45) is 2.03. The molecular weight excluding hydrogens is 592 g/mol. The van der Waals surface area contributed by atoms with E-state index in [2.05, 4.69) is 21.3 Å². The van der Waals surface area contributed by atoms with Gasteiger partial charge >= 0.3 is 12.1 Å². The number of aliphatic hydroxyl groups is 1. The van der Waals surface area contributed by atoms with Gasteiger partial charge in [0.1, 0.15) is 18.7 Å². The second-order valence-electron chi connectivity index (χ2n) is 10.2. The standard InChI is InChI=1S/C29H42N6O10/c1-19(2)25(34-29(42)45-17-16-44-15-14-43-13-12-35-23(37)9-10-24(35)38)27(40)33-22(4-3-11-31-28(30)41)26(39)32-21-7-5-20(18-36)6-8-21/h5-10,19,22,25,36H,3-4,11-18H2,1-2H3,(H,32,39)(H,33,40)(H,34,42)(H3,30,31,41)/t22-,25-/m1/s1. The number of hydrogen-bond donors (Lipinski definition) is 6. The van der Waals surface area contributed by atoms with E-state index in [0.717, 1.165) is 4.90 Å². The number of alkyl carbamates (subject to hydrolysis) is 1. The minimum atomic E-state index is -1.03. The fourth-order valence-electron chi connectivity index (χ4n) is 4.00. The molecule has 0 unspecified atom stereocenters. The van der Waals surface area contributed by atoms with Crippen molar-refractivity contribution in [2.75, 3.05) is 51.4 Å². The summed E-state index contributed by atoms with van der Waals surface area (Å²) >= 11 is 0. The topological polar surface area (TPSA) is 228 Å². The summed E-state index contributed by atoms with van der Waals surface area (Å²) in [5.74, 6) is -2.25. The molecule has 45 heavy (non-hydrogen) atoms. The van der Waals surface area contributed by atoms with Gasteiger partial charge in [-0.2, -0.15) is 0 Å². The number of imide groups is 1. The van der Waals surface area contributed by atoms with Gasteiger partial charge in [0.2, 0.25) is 11.8 Å². The number of aliphatic hydroxyl groups excluding tert-OH is 1. The third kappa shape index (κ3) is 13.7. The van der Waals surface area contributed by atoms with Gasteiger partial charge in [-0.05, 0) is 36.5 Å². The molecule has 0 spiro atoms. The highest BCUT2D eigenvalue weighted by atomic mass is 16.6. The molecule has 0 aromatic heterocycles. The first-order valence-electron chi connectivity index (χ1n) is 14.5. The molecule has 1 aliphatic rings. The lowest BCUT2D eigenvalue weighted by Gasteiger charge is -2.25. The van der Waals surface area contributed by atoms with Gasteiger partial charge in [0, 0.05) is 24.4 Å². The Labute approximate surface area is 261 Å². The van der Waals surface area contributed by atoms with Crippen LogP contribution in [0.5, 0.6) is 0 Å². The number of benzene rings is 1. The van der Waals surface area contributed by atoms with Crippen molar-refractivity contribution in [2.45, 2.75) is 45.4 Å². The Bertz CT molecular complexity index is 1170. The van der Waals surface area contributed by atoms with Crippen LogP contribution in [-0.2, 0) is 40.0 Å². The molecule has 0 radical (unpaired) electrons. The lowest BCUT2D eigenvalue weighted by molar-refractivity contribution is -0.137. The largest absolute Gasteiger partial charge is 0.447 e. The van der Waals surface area contributed by atoms with Crippen LogP contribution in [0.15, 0.2) is 36.4 Å². The first-order valence-corrected chi connectivity index (χ1v) is 14.5. The zero-order valence-electron chi connectivity index (χ0n) is 25.4. The molecule has 0 aliphatic carbocycles. The first-order chi connectivity index (χ1) is 21.5. The van der Waals surface area contributed by atoms with Gasteiger partial charge < -0.3 is 46.3 Å². The van der Waals surface area contributed by atoms with E-state index in [1.807, 2.05) is 0 Å². The number of nitrogens with one attached hydrogen (secondary N) is 4. The summed E-state index contributed by atoms with van der Waals surface area (Å²) in [5.41, 5.74) is 6.21. The van der Waals surface area contributed by atoms with Gasteiger partial charge in [0.15, 0.2) is 0 Å². The Morgan fingerprint density at radius 2 is 1.51 bits per heavy atom. The number of nitrogens with zero attached hydrogens (tertiary/aromatic N) is 1. The van der Waals surface area contributed by atoms with E-state index >= 15 is 0 Å². The van der Waals surface area contributed by atoms with Gasteiger partial charge in [-0.25, -0.2) is 9.59 Å². The fourth-order valence-corrected chi connectivity index (χ4v) is 4.00. The van der Waals surface area contributed by atoms with Crippen LogP contribution in [0.2, 0.25) is 0 Å². The lowest BCUT2D eigenvalue weighted by atomic mass is 10.0. The van der Waals surface area contributed by atoms with E-state index in [1.54, 1.807) is 38.1 Å². The molecule has 0 bridgehead atoms. The van der Waals surface area contributed by atoms with Crippen LogP contribution in [0.3, 0.4) is 0 Å². The predicted octanol–water partition coefficient (Wildman–Crippen LogP) is -0.240. The predicted molar refractivity (Wildman–Crippen MR) is 160 cm³/mol. The quantitative estimate of drug-likeness (QED) is 0.0815. The Hall–Kier alpha value is -4.54. The summed E-state index contributed by atoms with van der Waals surface area (Å²) in [7, 11) is 0. The highest BCUT2D eigenvalue weighted by Gasteiger charge is 2.29. The summed E-state index contributed by atoms with van der Waals surface area (Å²) in [6, 6.07) is 3.77. The van der Waals surface area contributed by atoms with Crippen molar-refractivity contribution in [1.82, 2.24) is 20.9 Å². The maximum atomic E-state index is 13.2.